The van der Waals surface area contributed by atoms with Crippen molar-refractivity contribution in [2.45, 2.75) is 12.8 Å². The molecule has 0 saturated carbocycles. The Kier molecular flexibility index (Phi) is 4.65. The van der Waals surface area contributed by atoms with Crippen molar-refractivity contribution >= 4 is 17.5 Å². The number of carbonyl (C=O) groups excluding carboxylic acids is 2. The van der Waals surface area contributed by atoms with Gasteiger partial charge in [-0.1, -0.05) is 0 Å². The Morgan fingerprint density at radius 3 is 2.19 bits per heavy atom. The van der Waals surface area contributed by atoms with E-state index in [1.807, 2.05) is 4.90 Å². The normalized spacial score (nSPS) is 13.6. The largest absolute Gasteiger partial charge is 0.339 e. The van der Waals surface area contributed by atoms with Gasteiger partial charge in [0, 0.05) is 29.9 Å². The Balaban J connectivity index is 1.41. The van der Waals surface area contributed by atoms with E-state index in [1.165, 1.54) is 6.33 Å². The molecule has 1 aliphatic heterocycles. The number of anilines is 1. The second kappa shape index (κ2) is 7.41. The molecule has 27 heavy (non-hydrogen) atoms. The van der Waals surface area contributed by atoms with Gasteiger partial charge in [0.2, 0.25) is 0 Å². The number of benzene rings is 2. The summed E-state index contributed by atoms with van der Waals surface area (Å²) in [4.78, 5) is 30.5. The van der Waals surface area contributed by atoms with E-state index in [9.17, 15) is 9.59 Å². The molecule has 2 heterocycles. The smallest absolute Gasteiger partial charge is 0.255 e. The molecule has 2 amide bonds. The predicted molar refractivity (Wildman–Crippen MR) is 101 cm³/mol. The fraction of sp³-hybridized carbons (Fsp3) is 0.200. The molecule has 0 spiro atoms. The highest BCUT2D eigenvalue weighted by molar-refractivity contribution is 6.04. The van der Waals surface area contributed by atoms with Crippen LogP contribution in [-0.4, -0.2) is 44.6 Å². The van der Waals surface area contributed by atoms with E-state index in [-0.39, 0.29) is 11.8 Å². The Labute approximate surface area is 156 Å². The molecule has 7 heteroatoms. The lowest BCUT2D eigenvalue weighted by atomic mass is 10.1. The summed E-state index contributed by atoms with van der Waals surface area (Å²) in [7, 11) is 0. The molecule has 2 aromatic carbocycles. The van der Waals surface area contributed by atoms with Gasteiger partial charge < -0.3 is 10.2 Å². The number of nitrogens with zero attached hydrogens (tertiary/aromatic N) is 4. The van der Waals surface area contributed by atoms with E-state index in [2.05, 4.69) is 15.4 Å². The van der Waals surface area contributed by atoms with Crippen LogP contribution >= 0.6 is 0 Å². The highest BCUT2D eigenvalue weighted by Crippen LogP contribution is 2.16. The summed E-state index contributed by atoms with van der Waals surface area (Å²) in [5.74, 6) is -0.159. The maximum Gasteiger partial charge on any atom is 0.255 e. The van der Waals surface area contributed by atoms with E-state index < -0.39 is 0 Å². The molecule has 4 rings (SSSR count). The summed E-state index contributed by atoms with van der Waals surface area (Å²) < 4.78 is 1.62. The number of carbonyl (C=O) groups is 2. The molecular formula is C20H19N5O2. The summed E-state index contributed by atoms with van der Waals surface area (Å²) in [6, 6.07) is 14.1. The third-order valence-corrected chi connectivity index (χ3v) is 4.60. The minimum absolute atomic E-state index is 0.0501. The van der Waals surface area contributed by atoms with Crippen molar-refractivity contribution in [3.63, 3.8) is 0 Å². The summed E-state index contributed by atoms with van der Waals surface area (Å²) in [5.41, 5.74) is 2.66. The second-order valence-corrected chi connectivity index (χ2v) is 6.42. The number of hydrogen-bond donors (Lipinski definition) is 1. The van der Waals surface area contributed by atoms with Gasteiger partial charge in [-0.3, -0.25) is 9.59 Å². The van der Waals surface area contributed by atoms with Crippen LogP contribution < -0.4 is 5.32 Å². The lowest BCUT2D eigenvalue weighted by molar-refractivity contribution is 0.0792. The average Bonchev–Trinajstić information content (AvgIpc) is 3.42. The standard InChI is InChI=1S/C20H19N5O2/c26-19(15-5-9-18(10-6-15)25-14-21-13-22-25)23-17-7-3-16(4-8-17)20(27)24-11-1-2-12-24/h3-10,13-14H,1-2,11-12H2,(H,23,26). The van der Waals surface area contributed by atoms with Crippen LogP contribution in [0.3, 0.4) is 0 Å². The molecular weight excluding hydrogens is 342 g/mol. The number of hydrogen-bond acceptors (Lipinski definition) is 4. The summed E-state index contributed by atoms with van der Waals surface area (Å²) in [5, 5.41) is 6.90. The molecule has 1 fully saturated rings. The molecule has 1 aliphatic rings. The van der Waals surface area contributed by atoms with Gasteiger partial charge in [0.15, 0.2) is 0 Å². The molecule has 0 bridgehead atoms. The van der Waals surface area contributed by atoms with E-state index in [4.69, 9.17) is 0 Å². The first-order valence-corrected chi connectivity index (χ1v) is 8.86. The lowest BCUT2D eigenvalue weighted by Crippen LogP contribution is -2.27. The first kappa shape index (κ1) is 17.0. The van der Waals surface area contributed by atoms with E-state index in [0.29, 0.717) is 16.8 Å². The van der Waals surface area contributed by atoms with Crippen molar-refractivity contribution in [1.82, 2.24) is 19.7 Å². The van der Waals surface area contributed by atoms with Gasteiger partial charge >= 0.3 is 0 Å². The van der Waals surface area contributed by atoms with E-state index in [1.54, 1.807) is 59.5 Å². The fourth-order valence-corrected chi connectivity index (χ4v) is 3.11. The van der Waals surface area contributed by atoms with E-state index >= 15 is 0 Å². The zero-order chi connectivity index (χ0) is 18.6. The van der Waals surface area contributed by atoms with Gasteiger partial charge in [-0.15, -0.1) is 0 Å². The van der Waals surface area contributed by atoms with Crippen LogP contribution in [0.25, 0.3) is 5.69 Å². The minimum atomic E-state index is -0.209. The molecule has 1 saturated heterocycles. The monoisotopic (exact) mass is 361 g/mol. The van der Waals surface area contributed by atoms with Gasteiger partial charge in [-0.2, -0.15) is 5.10 Å². The third kappa shape index (κ3) is 3.72. The summed E-state index contributed by atoms with van der Waals surface area (Å²) in [6.07, 6.45) is 5.18. The van der Waals surface area contributed by atoms with Gasteiger partial charge in [-0.25, -0.2) is 9.67 Å². The van der Waals surface area contributed by atoms with Gasteiger partial charge in [0.1, 0.15) is 12.7 Å². The van der Waals surface area contributed by atoms with Crippen LogP contribution in [0.4, 0.5) is 5.69 Å². The maximum absolute atomic E-state index is 12.4. The Morgan fingerprint density at radius 1 is 0.889 bits per heavy atom. The fourth-order valence-electron chi connectivity index (χ4n) is 3.11. The predicted octanol–water partition coefficient (Wildman–Crippen LogP) is 2.76. The van der Waals surface area contributed by atoms with Crippen LogP contribution in [0.15, 0.2) is 61.2 Å². The summed E-state index contributed by atoms with van der Waals surface area (Å²) in [6.45, 7) is 1.64. The molecule has 0 atom stereocenters. The Bertz CT molecular complexity index is 928. The Hall–Kier alpha value is -3.48. The van der Waals surface area contributed by atoms with Crippen LogP contribution in [0, 0.1) is 0 Å². The van der Waals surface area contributed by atoms with E-state index in [0.717, 1.165) is 31.6 Å². The molecule has 136 valence electrons. The van der Waals surface area contributed by atoms with Crippen molar-refractivity contribution in [3.05, 3.63) is 72.3 Å². The summed E-state index contributed by atoms with van der Waals surface area (Å²) >= 11 is 0. The highest BCUT2D eigenvalue weighted by atomic mass is 16.2. The number of nitrogens with one attached hydrogen (secondary N) is 1. The second-order valence-electron chi connectivity index (χ2n) is 6.42. The molecule has 0 unspecified atom stereocenters. The molecule has 0 aliphatic carbocycles. The van der Waals surface area contributed by atoms with Crippen LogP contribution in [0.2, 0.25) is 0 Å². The molecule has 3 aromatic rings. The highest BCUT2D eigenvalue weighted by Gasteiger charge is 2.19. The van der Waals surface area contributed by atoms with Crippen molar-refractivity contribution in [3.8, 4) is 5.69 Å². The average molecular weight is 361 g/mol. The first-order valence-electron chi connectivity index (χ1n) is 8.86. The van der Waals surface area contributed by atoms with Gasteiger partial charge in [-0.05, 0) is 61.4 Å². The van der Waals surface area contributed by atoms with Crippen LogP contribution in [-0.2, 0) is 0 Å². The SMILES string of the molecule is O=C(Nc1ccc(C(=O)N2CCCC2)cc1)c1ccc(-n2cncn2)cc1. The quantitative estimate of drug-likeness (QED) is 0.775. The topological polar surface area (TPSA) is 80.1 Å². The van der Waals surface area contributed by atoms with Crippen molar-refractivity contribution < 1.29 is 9.59 Å². The number of aromatic nitrogens is 3. The number of likely N-dealkylation sites (tertiary alicyclic amines) is 1. The lowest BCUT2D eigenvalue weighted by Gasteiger charge is -2.15. The minimum Gasteiger partial charge on any atom is -0.339 e. The number of rotatable bonds is 4. The third-order valence-electron chi connectivity index (χ3n) is 4.60. The van der Waals surface area contributed by atoms with Crippen molar-refractivity contribution in [1.29, 1.82) is 0 Å². The van der Waals surface area contributed by atoms with Crippen LogP contribution in [0.1, 0.15) is 33.6 Å². The zero-order valence-electron chi connectivity index (χ0n) is 14.7. The van der Waals surface area contributed by atoms with Gasteiger partial charge in [0.05, 0.1) is 5.69 Å². The number of amides is 2. The zero-order valence-corrected chi connectivity index (χ0v) is 14.7. The van der Waals surface area contributed by atoms with Gasteiger partial charge in [0.25, 0.3) is 11.8 Å². The molecule has 1 aromatic heterocycles. The maximum atomic E-state index is 12.4. The molecule has 7 nitrogen and oxygen atoms in total. The first-order chi connectivity index (χ1) is 13.2. The molecule has 1 N–H and O–H groups in total. The van der Waals surface area contributed by atoms with Crippen molar-refractivity contribution in [2.24, 2.45) is 0 Å². The Morgan fingerprint density at radius 2 is 1.56 bits per heavy atom. The van der Waals surface area contributed by atoms with Crippen molar-refractivity contribution in [2.75, 3.05) is 18.4 Å². The molecule has 0 radical (unpaired) electrons. The van der Waals surface area contributed by atoms with Crippen LogP contribution in [0.5, 0.6) is 0 Å².